The molecule has 1 aromatic heterocycles. The van der Waals surface area contributed by atoms with Crippen LogP contribution in [0.3, 0.4) is 0 Å². The molecule has 1 aromatic carbocycles. The molecule has 2 heterocycles. The summed E-state index contributed by atoms with van der Waals surface area (Å²) in [6.07, 6.45) is 2.93. The maximum Gasteiger partial charge on any atom is 0.243 e. The van der Waals surface area contributed by atoms with Crippen molar-refractivity contribution in [3.8, 4) is 0 Å². The van der Waals surface area contributed by atoms with Crippen molar-refractivity contribution in [1.82, 2.24) is 19.9 Å². The highest BCUT2D eigenvalue weighted by atomic mass is 127. The molecule has 0 spiro atoms. The predicted molar refractivity (Wildman–Crippen MR) is 132 cm³/mol. The van der Waals surface area contributed by atoms with Gasteiger partial charge in [-0.05, 0) is 51.3 Å². The number of hydrogen-bond acceptors (Lipinski definition) is 5. The highest BCUT2D eigenvalue weighted by molar-refractivity contribution is 14.0. The molecule has 31 heavy (non-hydrogen) atoms. The fourth-order valence-electron chi connectivity index (χ4n) is 3.34. The Balaban J connectivity index is 0.00000341. The molecule has 8 nitrogen and oxygen atoms in total. The number of piperidine rings is 1. The van der Waals surface area contributed by atoms with Crippen molar-refractivity contribution in [2.75, 3.05) is 19.6 Å². The summed E-state index contributed by atoms with van der Waals surface area (Å²) in [5, 5.41) is 6.38. The number of guanidine groups is 1. The van der Waals surface area contributed by atoms with E-state index in [2.05, 4.69) is 20.6 Å². The average molecular weight is 561 g/mol. The van der Waals surface area contributed by atoms with Gasteiger partial charge in [-0.15, -0.1) is 24.0 Å². The van der Waals surface area contributed by atoms with Gasteiger partial charge in [0.2, 0.25) is 15.9 Å². The summed E-state index contributed by atoms with van der Waals surface area (Å²) in [5.41, 5.74) is 1.72. The number of rotatable bonds is 7. The molecule has 10 heteroatoms. The first-order valence-electron chi connectivity index (χ1n) is 10.4. The molecule has 172 valence electrons. The Morgan fingerprint density at radius 1 is 1.19 bits per heavy atom. The number of aromatic nitrogens is 1. The number of halogens is 1. The zero-order valence-electron chi connectivity index (χ0n) is 18.3. The molecule has 2 N–H and O–H groups in total. The smallest absolute Gasteiger partial charge is 0.243 e. The summed E-state index contributed by atoms with van der Waals surface area (Å²) in [5.74, 6) is 2.03. The van der Waals surface area contributed by atoms with Crippen molar-refractivity contribution in [1.29, 1.82) is 0 Å². The predicted octanol–water partition coefficient (Wildman–Crippen LogP) is 3.34. The summed E-state index contributed by atoms with van der Waals surface area (Å²) in [6.45, 7) is 8.47. The summed E-state index contributed by atoms with van der Waals surface area (Å²) in [7, 11) is -3.45. The van der Waals surface area contributed by atoms with Crippen LogP contribution in [-0.2, 0) is 23.1 Å². The van der Waals surface area contributed by atoms with Crippen molar-refractivity contribution in [3.63, 3.8) is 0 Å². The molecule has 1 aliphatic heterocycles. The van der Waals surface area contributed by atoms with Gasteiger partial charge in [-0.25, -0.2) is 18.4 Å². The largest absolute Gasteiger partial charge is 0.444 e. The van der Waals surface area contributed by atoms with Crippen molar-refractivity contribution in [2.45, 2.75) is 58.0 Å². The highest BCUT2D eigenvalue weighted by Gasteiger charge is 2.25. The molecule has 1 saturated heterocycles. The van der Waals surface area contributed by atoms with Crippen LogP contribution in [0.4, 0.5) is 0 Å². The Hall–Kier alpha value is -1.66. The minimum Gasteiger partial charge on any atom is -0.444 e. The van der Waals surface area contributed by atoms with Gasteiger partial charge in [0.05, 0.1) is 23.7 Å². The average Bonchev–Trinajstić information content (AvgIpc) is 3.08. The minimum atomic E-state index is -3.45. The molecule has 0 unspecified atom stereocenters. The van der Waals surface area contributed by atoms with Gasteiger partial charge >= 0.3 is 0 Å². The third-order valence-electron chi connectivity index (χ3n) is 5.10. The lowest BCUT2D eigenvalue weighted by atomic mass is 10.2. The zero-order chi connectivity index (χ0) is 21.6. The molecule has 1 fully saturated rings. The fourth-order valence-corrected chi connectivity index (χ4v) is 4.93. The molecule has 0 atom stereocenters. The second kappa shape index (κ2) is 11.8. The van der Waals surface area contributed by atoms with E-state index < -0.39 is 10.0 Å². The minimum absolute atomic E-state index is 0. The van der Waals surface area contributed by atoms with Crippen LogP contribution in [-0.4, -0.2) is 43.3 Å². The van der Waals surface area contributed by atoms with E-state index in [0.717, 1.165) is 36.3 Å². The second-order valence-corrected chi connectivity index (χ2v) is 9.35. The van der Waals surface area contributed by atoms with Gasteiger partial charge in [-0.3, -0.25) is 0 Å². The third kappa shape index (κ3) is 6.91. The number of benzene rings is 1. The molecule has 2 aromatic rings. The number of aryl methyl sites for hydroxylation is 2. The Bertz CT molecular complexity index is 965. The molecule has 0 bridgehead atoms. The topological polar surface area (TPSA) is 99.8 Å². The fraction of sp³-hybridized carbons (Fsp3) is 0.524. The van der Waals surface area contributed by atoms with Gasteiger partial charge in [-0.1, -0.05) is 18.6 Å². The maximum atomic E-state index is 12.9. The summed E-state index contributed by atoms with van der Waals surface area (Å²) in [6, 6.07) is 7.05. The lowest BCUT2D eigenvalue weighted by Crippen LogP contribution is -2.37. The van der Waals surface area contributed by atoms with Crippen molar-refractivity contribution < 1.29 is 12.8 Å². The quantitative estimate of drug-likeness (QED) is 0.306. The molecule has 0 radical (unpaired) electrons. The number of hydrogen-bond donors (Lipinski definition) is 2. The first kappa shape index (κ1) is 25.6. The first-order valence-corrected chi connectivity index (χ1v) is 11.9. The third-order valence-corrected chi connectivity index (χ3v) is 6.99. The Morgan fingerprint density at radius 2 is 1.94 bits per heavy atom. The molecule has 1 aliphatic rings. The lowest BCUT2D eigenvalue weighted by Gasteiger charge is -2.26. The molecular weight excluding hydrogens is 529 g/mol. The SMILES string of the molecule is CCNC(=NCc1cccc(S(=O)(=O)N2CCCCC2)c1)NCc1nc(C)c(C)o1.I. The van der Waals surface area contributed by atoms with Crippen LogP contribution < -0.4 is 10.6 Å². The van der Waals surface area contributed by atoms with Crippen molar-refractivity contribution in [3.05, 3.63) is 47.2 Å². The van der Waals surface area contributed by atoms with Crippen LogP contribution in [0.2, 0.25) is 0 Å². The number of sulfonamides is 1. The second-order valence-electron chi connectivity index (χ2n) is 7.41. The van der Waals surface area contributed by atoms with Gasteiger partial charge in [0.1, 0.15) is 5.76 Å². The zero-order valence-corrected chi connectivity index (χ0v) is 21.5. The number of nitrogens with zero attached hydrogens (tertiary/aromatic N) is 3. The summed E-state index contributed by atoms with van der Waals surface area (Å²) < 4.78 is 33.0. The van der Waals surface area contributed by atoms with E-state index in [1.54, 1.807) is 22.5 Å². The van der Waals surface area contributed by atoms with Crippen molar-refractivity contribution >= 4 is 40.0 Å². The van der Waals surface area contributed by atoms with Gasteiger partial charge in [0.25, 0.3) is 0 Å². The normalized spacial score (nSPS) is 15.4. The van der Waals surface area contributed by atoms with Crippen LogP contribution >= 0.6 is 24.0 Å². The Labute approximate surface area is 202 Å². The van der Waals surface area contributed by atoms with E-state index in [1.807, 2.05) is 26.8 Å². The van der Waals surface area contributed by atoms with E-state index >= 15 is 0 Å². The number of aliphatic imine (C=N–C) groups is 1. The van der Waals surface area contributed by atoms with Crippen LogP contribution in [0.25, 0.3) is 0 Å². The molecule has 0 aliphatic carbocycles. The highest BCUT2D eigenvalue weighted by Crippen LogP contribution is 2.21. The molecule has 0 amide bonds. The van der Waals surface area contributed by atoms with Crippen LogP contribution in [0.15, 0.2) is 38.6 Å². The van der Waals surface area contributed by atoms with E-state index in [1.165, 1.54) is 0 Å². The van der Waals surface area contributed by atoms with E-state index in [9.17, 15) is 8.42 Å². The molecular formula is C21H32IN5O3S. The first-order chi connectivity index (χ1) is 14.4. The van der Waals surface area contributed by atoms with E-state index in [0.29, 0.717) is 49.5 Å². The van der Waals surface area contributed by atoms with E-state index in [-0.39, 0.29) is 24.0 Å². The lowest BCUT2D eigenvalue weighted by molar-refractivity contribution is 0.346. The Morgan fingerprint density at radius 3 is 2.58 bits per heavy atom. The number of oxazole rings is 1. The van der Waals surface area contributed by atoms with Gasteiger partial charge < -0.3 is 15.1 Å². The van der Waals surface area contributed by atoms with Crippen molar-refractivity contribution in [2.24, 2.45) is 4.99 Å². The summed E-state index contributed by atoms with van der Waals surface area (Å²) in [4.78, 5) is 9.27. The maximum absolute atomic E-state index is 12.9. The standard InChI is InChI=1S/C21H31N5O3S.HI/c1-4-22-21(24-15-20-25-16(2)17(3)29-20)23-14-18-9-8-10-19(13-18)30(27,28)26-11-6-5-7-12-26;/h8-10,13H,4-7,11-12,14-15H2,1-3H3,(H2,22,23,24);1H. The Kier molecular flexibility index (Phi) is 9.76. The molecule has 0 saturated carbocycles. The molecule has 3 rings (SSSR count). The van der Waals surface area contributed by atoms with Gasteiger partial charge in [-0.2, -0.15) is 4.31 Å². The van der Waals surface area contributed by atoms with Crippen LogP contribution in [0.1, 0.15) is 49.1 Å². The van der Waals surface area contributed by atoms with Crippen LogP contribution in [0.5, 0.6) is 0 Å². The van der Waals surface area contributed by atoms with E-state index in [4.69, 9.17) is 4.42 Å². The van der Waals surface area contributed by atoms with Gasteiger partial charge in [0.15, 0.2) is 5.96 Å². The summed E-state index contributed by atoms with van der Waals surface area (Å²) >= 11 is 0. The van der Waals surface area contributed by atoms with Gasteiger partial charge in [0, 0.05) is 19.6 Å². The number of nitrogens with one attached hydrogen (secondary N) is 2. The van der Waals surface area contributed by atoms with Crippen LogP contribution in [0, 0.1) is 13.8 Å². The monoisotopic (exact) mass is 561 g/mol.